The van der Waals surface area contributed by atoms with Crippen LogP contribution >= 0.6 is 0 Å². The molecule has 0 aliphatic heterocycles. The summed E-state index contributed by atoms with van der Waals surface area (Å²) in [6.45, 7) is 6.65. The fourth-order valence-corrected chi connectivity index (χ4v) is 5.08. The average Bonchev–Trinajstić information content (AvgIpc) is 3.41. The van der Waals surface area contributed by atoms with Gasteiger partial charge in [-0.3, -0.25) is 4.79 Å². The van der Waals surface area contributed by atoms with Crippen LogP contribution in [-0.4, -0.2) is 33.7 Å². The number of benzene rings is 1. The number of halogens is 2. The van der Waals surface area contributed by atoms with Gasteiger partial charge in [0.25, 0.3) is 0 Å². The number of carbonyl (C=O) groups is 1. The van der Waals surface area contributed by atoms with Crippen LogP contribution in [0.1, 0.15) is 102 Å². The van der Waals surface area contributed by atoms with Gasteiger partial charge in [0.1, 0.15) is 11.5 Å². The second-order valence-corrected chi connectivity index (χ2v) is 12.1. The molecule has 2 saturated carbocycles. The van der Waals surface area contributed by atoms with Crippen molar-refractivity contribution in [3.05, 3.63) is 47.8 Å². The van der Waals surface area contributed by atoms with Crippen molar-refractivity contribution >= 4 is 11.6 Å². The summed E-state index contributed by atoms with van der Waals surface area (Å²) in [5.74, 6) is -0.448. The lowest BCUT2D eigenvalue weighted by atomic mass is 9.85. The van der Waals surface area contributed by atoms with Crippen molar-refractivity contribution in [3.63, 3.8) is 0 Å². The third kappa shape index (κ3) is 6.92. The Morgan fingerprint density at radius 1 is 1.03 bits per heavy atom. The number of hydrogen-bond donors (Lipinski definition) is 0. The first kappa shape index (κ1) is 27.5. The summed E-state index contributed by atoms with van der Waals surface area (Å²) in [7, 11) is 0. The Bertz CT molecular complexity index is 1260. The lowest BCUT2D eigenvalue weighted by Crippen LogP contribution is -2.40. The molecule has 0 bridgehead atoms. The number of anilines is 1. The number of rotatable bonds is 10. The van der Waals surface area contributed by atoms with Gasteiger partial charge in [-0.1, -0.05) is 49.6 Å². The van der Waals surface area contributed by atoms with Gasteiger partial charge in [0.2, 0.25) is 17.7 Å². The molecule has 1 amide bonds. The van der Waals surface area contributed by atoms with Crippen molar-refractivity contribution in [3.8, 4) is 11.3 Å². The first-order valence-electron chi connectivity index (χ1n) is 14.2. The van der Waals surface area contributed by atoms with Crippen LogP contribution in [0, 0.1) is 5.92 Å². The van der Waals surface area contributed by atoms with E-state index in [1.54, 1.807) is 4.90 Å². The molecular weight excluding hydrogens is 502 g/mol. The molecule has 9 heteroatoms. The number of aryl methyl sites for hydroxylation is 1. The number of nitrogens with zero attached hydrogens (tertiary/aromatic N) is 4. The Morgan fingerprint density at radius 3 is 2.49 bits per heavy atom. The molecule has 5 rings (SSSR count). The Kier molecular flexibility index (Phi) is 7.87. The first-order valence-corrected chi connectivity index (χ1v) is 14.2. The Hall–Kier alpha value is -3.10. The molecule has 7 nitrogen and oxygen atoms in total. The Morgan fingerprint density at radius 2 is 1.79 bits per heavy atom. The van der Waals surface area contributed by atoms with Crippen molar-refractivity contribution in [1.82, 2.24) is 15.3 Å². The fourth-order valence-electron chi connectivity index (χ4n) is 5.08. The number of aromatic nitrogens is 3. The van der Waals surface area contributed by atoms with E-state index >= 15 is 0 Å². The third-order valence-corrected chi connectivity index (χ3v) is 7.71. The van der Waals surface area contributed by atoms with Crippen molar-refractivity contribution in [2.24, 2.45) is 5.92 Å². The maximum absolute atomic E-state index is 13.8. The first-order chi connectivity index (χ1) is 18.6. The molecule has 2 fully saturated rings. The number of unbranched alkanes of at least 4 members (excludes halogenated alkanes) is 2. The highest BCUT2D eigenvalue weighted by molar-refractivity contribution is 5.95. The summed E-state index contributed by atoms with van der Waals surface area (Å²) >= 11 is 0. The predicted molar refractivity (Wildman–Crippen MR) is 144 cm³/mol. The summed E-state index contributed by atoms with van der Waals surface area (Å²) in [6, 6.07) is 9.71. The minimum Gasteiger partial charge on any atom is -0.360 e. The maximum atomic E-state index is 13.8. The molecule has 2 aliphatic carbocycles. The minimum atomic E-state index is -2.67. The van der Waals surface area contributed by atoms with Gasteiger partial charge < -0.3 is 13.9 Å². The molecule has 3 aromatic rings. The number of carbonyl (C=O) groups excluding carboxylic acids is 1. The zero-order valence-corrected chi connectivity index (χ0v) is 23.1. The van der Waals surface area contributed by atoms with Crippen LogP contribution in [0.15, 0.2) is 39.4 Å². The van der Waals surface area contributed by atoms with Gasteiger partial charge in [-0.25, -0.2) is 8.78 Å². The molecule has 1 aromatic carbocycles. The monoisotopic (exact) mass is 540 g/mol. The van der Waals surface area contributed by atoms with E-state index in [9.17, 15) is 13.6 Å². The zero-order valence-electron chi connectivity index (χ0n) is 23.1. The van der Waals surface area contributed by atoms with Crippen molar-refractivity contribution in [1.29, 1.82) is 0 Å². The van der Waals surface area contributed by atoms with Crippen LogP contribution in [0.5, 0.6) is 0 Å². The highest BCUT2D eigenvalue weighted by Crippen LogP contribution is 2.41. The number of amides is 1. The largest absolute Gasteiger partial charge is 0.360 e. The van der Waals surface area contributed by atoms with E-state index in [1.807, 2.05) is 51.1 Å². The predicted octanol–water partition coefficient (Wildman–Crippen LogP) is 7.47. The number of alkyl halides is 2. The maximum Gasteiger partial charge on any atom is 0.248 e. The molecule has 2 aromatic heterocycles. The topological polar surface area (TPSA) is 85.3 Å². The molecule has 0 spiro atoms. The van der Waals surface area contributed by atoms with Gasteiger partial charge in [-0.2, -0.15) is 4.98 Å². The van der Waals surface area contributed by atoms with Crippen molar-refractivity contribution < 1.29 is 22.6 Å². The second-order valence-electron chi connectivity index (χ2n) is 12.1. The summed E-state index contributed by atoms with van der Waals surface area (Å²) < 4.78 is 38.5. The van der Waals surface area contributed by atoms with Crippen LogP contribution in [0.25, 0.3) is 11.3 Å². The SMILES string of the molecule is CC(C)(C)c1noc(CCCCCN(C(=O)C2CCC(F)(F)CC2)c2cccc(-c3cc(C4CC4)on3)c2)n1. The Labute approximate surface area is 228 Å². The third-order valence-electron chi connectivity index (χ3n) is 7.71. The molecule has 210 valence electrons. The van der Waals surface area contributed by atoms with Crippen LogP contribution in [0.3, 0.4) is 0 Å². The van der Waals surface area contributed by atoms with Gasteiger partial charge in [-0.15, -0.1) is 0 Å². The molecule has 2 aliphatic rings. The van der Waals surface area contributed by atoms with E-state index in [0.29, 0.717) is 30.6 Å². The van der Waals surface area contributed by atoms with E-state index in [1.165, 1.54) is 0 Å². The molecular formula is C30H38F2N4O3. The molecule has 0 unspecified atom stereocenters. The summed E-state index contributed by atoms with van der Waals surface area (Å²) in [5, 5.41) is 8.33. The molecule has 39 heavy (non-hydrogen) atoms. The van der Waals surface area contributed by atoms with E-state index in [-0.39, 0.29) is 37.0 Å². The van der Waals surface area contributed by atoms with E-state index in [0.717, 1.165) is 54.8 Å². The quantitative estimate of drug-likeness (QED) is 0.248. The van der Waals surface area contributed by atoms with Gasteiger partial charge in [-0.05, 0) is 50.7 Å². The molecule has 0 saturated heterocycles. The standard InChI is InChI=1S/C30H38F2N4O3/c1-29(2,3)28-33-26(39-35-28)10-5-4-6-17-36(27(37)21-13-15-30(31,32)16-14-21)23-9-7-8-22(18-23)24-19-25(38-34-24)20-11-12-20/h7-9,18-21H,4-6,10-17H2,1-3H3. The summed E-state index contributed by atoms with van der Waals surface area (Å²) in [6.07, 6.45) is 5.38. The highest BCUT2D eigenvalue weighted by atomic mass is 19.3. The molecule has 2 heterocycles. The van der Waals surface area contributed by atoms with Crippen LogP contribution in [-0.2, 0) is 16.6 Å². The normalized spacial score (nSPS) is 17.9. The van der Waals surface area contributed by atoms with Gasteiger partial charge in [0.15, 0.2) is 5.82 Å². The van der Waals surface area contributed by atoms with E-state index in [4.69, 9.17) is 9.05 Å². The van der Waals surface area contributed by atoms with Crippen LogP contribution < -0.4 is 4.90 Å². The number of hydrogen-bond acceptors (Lipinski definition) is 6. The molecule has 0 atom stereocenters. The lowest BCUT2D eigenvalue weighted by molar-refractivity contribution is -0.126. The zero-order chi connectivity index (χ0) is 27.6. The van der Waals surface area contributed by atoms with E-state index < -0.39 is 11.8 Å². The summed E-state index contributed by atoms with van der Waals surface area (Å²) in [4.78, 5) is 19.9. The van der Waals surface area contributed by atoms with Crippen molar-refractivity contribution in [2.45, 2.75) is 102 Å². The minimum absolute atomic E-state index is 0.0757. The van der Waals surface area contributed by atoms with Gasteiger partial charge in [0, 0.05) is 60.4 Å². The van der Waals surface area contributed by atoms with Crippen molar-refractivity contribution in [2.75, 3.05) is 11.4 Å². The fraction of sp³-hybridized carbons (Fsp3) is 0.600. The lowest BCUT2D eigenvalue weighted by Gasteiger charge is -2.32. The van der Waals surface area contributed by atoms with Gasteiger partial charge in [0.05, 0.1) is 0 Å². The van der Waals surface area contributed by atoms with Crippen LogP contribution in [0.2, 0.25) is 0 Å². The second kappa shape index (κ2) is 11.2. The van der Waals surface area contributed by atoms with Gasteiger partial charge >= 0.3 is 0 Å². The van der Waals surface area contributed by atoms with E-state index in [2.05, 4.69) is 15.3 Å². The molecule has 0 radical (unpaired) electrons. The van der Waals surface area contributed by atoms with Crippen LogP contribution in [0.4, 0.5) is 14.5 Å². The Balaban J connectivity index is 1.25. The average molecular weight is 541 g/mol. The summed E-state index contributed by atoms with van der Waals surface area (Å²) in [5.41, 5.74) is 2.23. The molecule has 0 N–H and O–H groups in total. The smallest absolute Gasteiger partial charge is 0.248 e. The highest BCUT2D eigenvalue weighted by Gasteiger charge is 2.39.